The van der Waals surface area contributed by atoms with Gasteiger partial charge in [0.1, 0.15) is 5.75 Å². The topological polar surface area (TPSA) is 89.8 Å². The van der Waals surface area contributed by atoms with Gasteiger partial charge in [0, 0.05) is 18.7 Å². The lowest BCUT2D eigenvalue weighted by atomic mass is 10.2. The Morgan fingerprint density at radius 3 is 2.44 bits per heavy atom. The second kappa shape index (κ2) is 7.28. The summed E-state index contributed by atoms with van der Waals surface area (Å²) in [7, 11) is -2.52. The molecule has 134 valence electrons. The molecule has 0 radical (unpaired) electrons. The van der Waals surface area contributed by atoms with Crippen LogP contribution in [-0.2, 0) is 10.0 Å². The Morgan fingerprint density at radius 2 is 1.92 bits per heavy atom. The fraction of sp³-hybridized carbons (Fsp3) is 0.250. The first-order valence-corrected chi connectivity index (χ1v) is 9.15. The van der Waals surface area contributed by atoms with E-state index in [1.54, 1.807) is 13.8 Å². The summed E-state index contributed by atoms with van der Waals surface area (Å²) in [5, 5.41) is 11.2. The molecule has 9 heteroatoms. The summed E-state index contributed by atoms with van der Waals surface area (Å²) >= 11 is 6.03. The van der Waals surface area contributed by atoms with Gasteiger partial charge >= 0.3 is 0 Å². The monoisotopic (exact) mass is 384 g/mol. The van der Waals surface area contributed by atoms with Crippen molar-refractivity contribution in [3.63, 3.8) is 0 Å². The van der Waals surface area contributed by atoms with Crippen LogP contribution in [0.2, 0.25) is 5.02 Å². The van der Waals surface area contributed by atoms with E-state index in [0.29, 0.717) is 11.3 Å². The molecule has 0 aromatic heterocycles. The van der Waals surface area contributed by atoms with Crippen LogP contribution >= 0.6 is 11.6 Å². The van der Waals surface area contributed by atoms with E-state index in [1.807, 2.05) is 0 Å². The van der Waals surface area contributed by atoms with Crippen LogP contribution in [-0.4, -0.2) is 27.0 Å². The van der Waals surface area contributed by atoms with Crippen molar-refractivity contribution in [3.8, 4) is 5.75 Å². The normalized spacial score (nSPS) is 11.2. The minimum atomic E-state index is -3.95. The molecule has 0 heterocycles. The number of rotatable bonds is 6. The zero-order valence-corrected chi connectivity index (χ0v) is 15.5. The number of halogens is 1. The SMILES string of the molecule is CCN(c1cc([N+](=O)[O-])ccc1C)S(=O)(=O)c1ccc(OC)c(Cl)c1. The Kier molecular flexibility index (Phi) is 5.54. The Hall–Kier alpha value is -2.32. The molecule has 0 aliphatic rings. The Labute approximate surface area is 151 Å². The van der Waals surface area contributed by atoms with E-state index < -0.39 is 14.9 Å². The average molecular weight is 385 g/mol. The average Bonchev–Trinajstić information content (AvgIpc) is 2.56. The molecule has 2 aromatic carbocycles. The summed E-state index contributed by atoms with van der Waals surface area (Å²) in [4.78, 5) is 10.4. The van der Waals surface area contributed by atoms with Gasteiger partial charge in [0.15, 0.2) is 0 Å². The van der Waals surface area contributed by atoms with Crippen LogP contribution < -0.4 is 9.04 Å². The van der Waals surface area contributed by atoms with Crippen molar-refractivity contribution in [2.75, 3.05) is 18.0 Å². The predicted octanol–water partition coefficient (Wildman–Crippen LogP) is 3.78. The third-order valence-electron chi connectivity index (χ3n) is 3.67. The lowest BCUT2D eigenvalue weighted by Gasteiger charge is -2.24. The molecule has 0 aliphatic heterocycles. The molecule has 7 nitrogen and oxygen atoms in total. The number of benzene rings is 2. The molecule has 0 fully saturated rings. The molecule has 2 aromatic rings. The van der Waals surface area contributed by atoms with Crippen LogP contribution in [0.5, 0.6) is 5.75 Å². The molecule has 0 amide bonds. The van der Waals surface area contributed by atoms with Crippen LogP contribution in [0.25, 0.3) is 0 Å². The summed E-state index contributed by atoms with van der Waals surface area (Å²) in [6.45, 7) is 3.45. The van der Waals surface area contributed by atoms with Gasteiger partial charge in [-0.2, -0.15) is 0 Å². The molecular formula is C16H17ClN2O5S. The predicted molar refractivity (Wildman–Crippen MR) is 96.0 cm³/mol. The molecule has 0 aliphatic carbocycles. The Bertz CT molecular complexity index is 915. The van der Waals surface area contributed by atoms with E-state index in [0.717, 1.165) is 4.31 Å². The third-order valence-corrected chi connectivity index (χ3v) is 5.85. The van der Waals surface area contributed by atoms with Crippen molar-refractivity contribution in [2.45, 2.75) is 18.7 Å². The van der Waals surface area contributed by atoms with Gasteiger partial charge in [-0.05, 0) is 37.6 Å². The van der Waals surface area contributed by atoms with Crippen molar-refractivity contribution < 1.29 is 18.1 Å². The van der Waals surface area contributed by atoms with Crippen LogP contribution in [0.15, 0.2) is 41.3 Å². The number of non-ortho nitro benzene ring substituents is 1. The molecule has 0 saturated carbocycles. The van der Waals surface area contributed by atoms with Gasteiger partial charge in [-0.15, -0.1) is 0 Å². The zero-order valence-electron chi connectivity index (χ0n) is 13.9. The molecular weight excluding hydrogens is 368 g/mol. The zero-order chi connectivity index (χ0) is 18.8. The second-order valence-electron chi connectivity index (χ2n) is 5.19. The van der Waals surface area contributed by atoms with Gasteiger partial charge in [-0.1, -0.05) is 17.7 Å². The van der Waals surface area contributed by atoms with Gasteiger partial charge in [0.2, 0.25) is 0 Å². The van der Waals surface area contributed by atoms with Gasteiger partial charge in [-0.25, -0.2) is 8.42 Å². The van der Waals surface area contributed by atoms with Crippen molar-refractivity contribution >= 4 is 33.0 Å². The highest BCUT2D eigenvalue weighted by Gasteiger charge is 2.27. The Balaban J connectivity index is 2.58. The van der Waals surface area contributed by atoms with Crippen molar-refractivity contribution in [1.29, 1.82) is 0 Å². The minimum Gasteiger partial charge on any atom is -0.495 e. The largest absolute Gasteiger partial charge is 0.495 e. The smallest absolute Gasteiger partial charge is 0.271 e. The van der Waals surface area contributed by atoms with Crippen molar-refractivity contribution in [2.24, 2.45) is 0 Å². The molecule has 0 saturated heterocycles. The van der Waals surface area contributed by atoms with Crippen LogP contribution in [0.3, 0.4) is 0 Å². The number of nitrogens with zero attached hydrogens (tertiary/aromatic N) is 2. The lowest BCUT2D eigenvalue weighted by molar-refractivity contribution is -0.384. The second-order valence-corrected chi connectivity index (χ2v) is 7.46. The van der Waals surface area contributed by atoms with Crippen LogP contribution in [0, 0.1) is 17.0 Å². The number of aryl methyl sites for hydroxylation is 1. The molecule has 2 rings (SSSR count). The van der Waals surface area contributed by atoms with Crippen molar-refractivity contribution in [3.05, 3.63) is 57.1 Å². The summed E-state index contributed by atoms with van der Waals surface area (Å²) in [6.07, 6.45) is 0. The molecule has 0 atom stereocenters. The number of hydrogen-bond donors (Lipinski definition) is 0. The van der Waals surface area contributed by atoms with Gasteiger partial charge in [0.25, 0.3) is 15.7 Å². The number of hydrogen-bond acceptors (Lipinski definition) is 5. The van der Waals surface area contributed by atoms with E-state index in [-0.39, 0.29) is 27.8 Å². The summed E-state index contributed by atoms with van der Waals surface area (Å²) in [5.74, 6) is 0.357. The van der Waals surface area contributed by atoms with E-state index in [9.17, 15) is 18.5 Å². The number of ether oxygens (including phenoxy) is 1. The fourth-order valence-corrected chi connectivity index (χ4v) is 4.26. The number of nitro benzene ring substituents is 1. The standard InChI is InChI=1S/C16H17ClN2O5S/c1-4-18(15-9-12(19(20)21)6-5-11(15)2)25(22,23)13-7-8-16(24-3)14(17)10-13/h5-10H,4H2,1-3H3. The molecule has 0 N–H and O–H groups in total. The van der Waals surface area contributed by atoms with E-state index >= 15 is 0 Å². The highest BCUT2D eigenvalue weighted by Crippen LogP contribution is 2.33. The number of sulfonamides is 1. The van der Waals surface area contributed by atoms with E-state index in [2.05, 4.69) is 0 Å². The maximum atomic E-state index is 13.0. The molecule has 0 spiro atoms. The van der Waals surface area contributed by atoms with E-state index in [1.165, 1.54) is 43.5 Å². The summed E-state index contributed by atoms with van der Waals surface area (Å²) in [6, 6.07) is 8.25. The summed E-state index contributed by atoms with van der Waals surface area (Å²) in [5.41, 5.74) is 0.682. The number of methoxy groups -OCH3 is 1. The highest BCUT2D eigenvalue weighted by molar-refractivity contribution is 7.92. The van der Waals surface area contributed by atoms with Crippen LogP contribution in [0.4, 0.5) is 11.4 Å². The first-order valence-electron chi connectivity index (χ1n) is 7.33. The molecule has 0 unspecified atom stereocenters. The quantitative estimate of drug-likeness (QED) is 0.558. The number of anilines is 1. The highest BCUT2D eigenvalue weighted by atomic mass is 35.5. The van der Waals surface area contributed by atoms with Gasteiger partial charge in [-0.3, -0.25) is 14.4 Å². The van der Waals surface area contributed by atoms with Gasteiger partial charge < -0.3 is 4.74 Å². The maximum absolute atomic E-state index is 13.0. The number of nitro groups is 1. The summed E-state index contributed by atoms with van der Waals surface area (Å²) < 4.78 is 32.2. The third kappa shape index (κ3) is 3.69. The Morgan fingerprint density at radius 1 is 1.24 bits per heavy atom. The van der Waals surface area contributed by atoms with Crippen LogP contribution in [0.1, 0.15) is 12.5 Å². The lowest BCUT2D eigenvalue weighted by Crippen LogP contribution is -2.31. The van der Waals surface area contributed by atoms with Gasteiger partial charge in [0.05, 0.1) is 27.6 Å². The van der Waals surface area contributed by atoms with E-state index in [4.69, 9.17) is 16.3 Å². The minimum absolute atomic E-state index is 0.0222. The molecule has 25 heavy (non-hydrogen) atoms. The maximum Gasteiger partial charge on any atom is 0.271 e. The first-order chi connectivity index (χ1) is 11.7. The first kappa shape index (κ1) is 19.0. The van der Waals surface area contributed by atoms with Crippen molar-refractivity contribution in [1.82, 2.24) is 0 Å². The molecule has 0 bridgehead atoms. The fourth-order valence-electron chi connectivity index (χ4n) is 2.38.